The number of carbonyl (C=O) groups excluding carboxylic acids is 1. The summed E-state index contributed by atoms with van der Waals surface area (Å²) in [5, 5.41) is 21.5. The molecule has 0 saturated carbocycles. The molecule has 5 rings (SSSR count). The van der Waals surface area contributed by atoms with Crippen LogP contribution in [0.25, 0.3) is 0 Å². The van der Waals surface area contributed by atoms with Gasteiger partial charge in [0, 0.05) is 25.2 Å². The zero-order valence-electron chi connectivity index (χ0n) is 36.2. The van der Waals surface area contributed by atoms with E-state index >= 15 is 0 Å². The van der Waals surface area contributed by atoms with Crippen molar-refractivity contribution in [2.45, 2.75) is 89.7 Å². The molecule has 0 bridgehead atoms. The highest BCUT2D eigenvalue weighted by molar-refractivity contribution is 7.63. The maximum absolute atomic E-state index is 13.8. The van der Waals surface area contributed by atoms with E-state index < -0.39 is 49.6 Å². The molecule has 1 aliphatic heterocycles. The quantitative estimate of drug-likeness (QED) is 0.0372. The second kappa shape index (κ2) is 22.2. The van der Waals surface area contributed by atoms with Crippen LogP contribution in [0.1, 0.15) is 70.4 Å². The predicted octanol–water partition coefficient (Wildman–Crippen LogP) is 6.57. The van der Waals surface area contributed by atoms with Crippen LogP contribution in [0.3, 0.4) is 0 Å². The molecule has 1 unspecified atom stereocenters. The number of nitrogens with zero attached hydrogens (tertiary/aromatic N) is 5. The monoisotopic (exact) mass is 871 g/mol. The van der Waals surface area contributed by atoms with Gasteiger partial charge in [0.25, 0.3) is 0 Å². The molecule has 62 heavy (non-hydrogen) atoms. The second-order valence-corrected chi connectivity index (χ2v) is 17.5. The molecule has 1 aromatic heterocycles. The number of anilines is 1. The van der Waals surface area contributed by atoms with Crippen LogP contribution < -0.4 is 20.5 Å². The standard InChI is InChI=1S/C45H55N6O10P/c1-31(2)51(32(3)4)62(54,28-12-25-47)61-41-39(60-43(42(41)58-30-57-27-11-24-46)50-26-23-40(48-33(5)52)49-44(50)53)29-59-45(34-13-9-8-10-14-34,35-15-19-37(55-6)20-16-35)36-17-21-38(56-7)22-18-36/h8-10,13-23,26,31-32,39,41-43,54H,11-12,27-30H2,1-7H3/p+1/t39-,41-,42-,43-,62?/m1/s1. The van der Waals surface area contributed by atoms with Crippen molar-refractivity contribution in [3.63, 3.8) is 0 Å². The molecular formula is C45H56N6O10P+. The van der Waals surface area contributed by atoms with Crippen molar-refractivity contribution < 1.29 is 42.6 Å². The van der Waals surface area contributed by atoms with Crippen molar-refractivity contribution in [1.29, 1.82) is 10.5 Å². The SMILES string of the molecule is COc1ccc(C(OC[C@H]2O[C@@H](n3ccc(NC(C)=O)nc3=O)[C@H](OCOCCC#N)[C@@H]2O[P+](O)(CCC#N)N(C(C)C)C(C)C)(c2ccccc2)c2ccc(OC)cc2)cc1. The zero-order valence-corrected chi connectivity index (χ0v) is 37.1. The lowest BCUT2D eigenvalue weighted by Crippen LogP contribution is -2.46. The van der Waals surface area contributed by atoms with Crippen LogP contribution in [0, 0.1) is 22.7 Å². The van der Waals surface area contributed by atoms with Crippen LogP contribution >= 0.6 is 7.87 Å². The Hall–Kier alpha value is -5.26. The fraction of sp³-hybridized carbons (Fsp3) is 0.444. The Balaban J connectivity index is 1.71. The molecule has 0 radical (unpaired) electrons. The summed E-state index contributed by atoms with van der Waals surface area (Å²) >= 11 is 0. The second-order valence-electron chi connectivity index (χ2n) is 15.1. The third kappa shape index (κ3) is 11.2. The van der Waals surface area contributed by atoms with E-state index in [2.05, 4.69) is 16.4 Å². The van der Waals surface area contributed by atoms with Crippen molar-refractivity contribution in [2.75, 3.05) is 45.7 Å². The average molecular weight is 872 g/mol. The summed E-state index contributed by atoms with van der Waals surface area (Å²) in [6.45, 7) is 8.59. The number of hydrogen-bond acceptors (Lipinski definition) is 14. The molecule has 1 amide bonds. The predicted molar refractivity (Wildman–Crippen MR) is 232 cm³/mol. The molecule has 1 fully saturated rings. The van der Waals surface area contributed by atoms with E-state index in [9.17, 15) is 19.7 Å². The number of methoxy groups -OCH3 is 2. The Morgan fingerprint density at radius 1 is 0.903 bits per heavy atom. The van der Waals surface area contributed by atoms with Crippen LogP contribution in [0.4, 0.5) is 5.82 Å². The fourth-order valence-corrected chi connectivity index (χ4v) is 10.7. The molecule has 0 aliphatic carbocycles. The Kier molecular flexibility index (Phi) is 17.1. The van der Waals surface area contributed by atoms with E-state index in [0.717, 1.165) is 16.7 Å². The van der Waals surface area contributed by atoms with Gasteiger partial charge in [-0.05, 0) is 74.7 Å². The zero-order chi connectivity index (χ0) is 44.9. The summed E-state index contributed by atoms with van der Waals surface area (Å²) < 4.78 is 47.3. The van der Waals surface area contributed by atoms with Gasteiger partial charge in [-0.1, -0.05) is 54.6 Å². The summed E-state index contributed by atoms with van der Waals surface area (Å²) in [6, 6.07) is 30.0. The highest BCUT2D eigenvalue weighted by Crippen LogP contribution is 2.64. The lowest BCUT2D eigenvalue weighted by atomic mass is 9.80. The molecule has 330 valence electrons. The van der Waals surface area contributed by atoms with E-state index in [1.165, 1.54) is 23.8 Å². The van der Waals surface area contributed by atoms with Gasteiger partial charge in [-0.15, -0.1) is 4.67 Å². The maximum Gasteiger partial charge on any atom is 0.351 e. The number of hydrogen-bond donors (Lipinski definition) is 2. The third-order valence-corrected chi connectivity index (χ3v) is 13.3. The number of nitriles is 2. The molecule has 4 aromatic rings. The van der Waals surface area contributed by atoms with Gasteiger partial charge in [0.05, 0.1) is 52.4 Å². The summed E-state index contributed by atoms with van der Waals surface area (Å²) in [5.74, 6) is 0.905. The van der Waals surface area contributed by atoms with Crippen molar-refractivity contribution in [2.24, 2.45) is 0 Å². The lowest BCUT2D eigenvalue weighted by molar-refractivity contribution is -0.138. The number of rotatable bonds is 22. The van der Waals surface area contributed by atoms with Crippen LogP contribution in [0.2, 0.25) is 0 Å². The first-order valence-corrected chi connectivity index (χ1v) is 22.1. The lowest BCUT2D eigenvalue weighted by Gasteiger charge is -2.39. The number of carbonyl (C=O) groups is 1. The molecule has 5 atom stereocenters. The largest absolute Gasteiger partial charge is 0.497 e. The Labute approximate surface area is 363 Å². The number of amides is 1. The number of benzene rings is 3. The van der Waals surface area contributed by atoms with Gasteiger partial charge in [0.1, 0.15) is 48.1 Å². The van der Waals surface area contributed by atoms with Gasteiger partial charge in [0.15, 0.2) is 12.3 Å². The highest BCUT2D eigenvalue weighted by atomic mass is 31.2. The van der Waals surface area contributed by atoms with Gasteiger partial charge in [-0.25, -0.2) is 9.69 Å². The van der Waals surface area contributed by atoms with Crippen molar-refractivity contribution in [1.82, 2.24) is 14.2 Å². The molecule has 3 aromatic carbocycles. The number of aromatic nitrogens is 2. The van der Waals surface area contributed by atoms with Crippen molar-refractivity contribution >= 4 is 19.6 Å². The van der Waals surface area contributed by atoms with E-state index in [0.29, 0.717) is 11.5 Å². The van der Waals surface area contributed by atoms with Gasteiger partial charge in [-0.3, -0.25) is 9.36 Å². The minimum atomic E-state index is -3.66. The Morgan fingerprint density at radius 3 is 2.00 bits per heavy atom. The minimum absolute atomic E-state index is 0.00143. The Bertz CT molecular complexity index is 2140. The first-order chi connectivity index (χ1) is 29.8. The first-order valence-electron chi connectivity index (χ1n) is 20.3. The van der Waals surface area contributed by atoms with E-state index in [1.54, 1.807) is 14.2 Å². The smallest absolute Gasteiger partial charge is 0.351 e. The molecule has 1 saturated heterocycles. The minimum Gasteiger partial charge on any atom is -0.497 e. The first kappa shape index (κ1) is 47.8. The van der Waals surface area contributed by atoms with Crippen molar-refractivity contribution in [3.8, 4) is 23.6 Å². The highest BCUT2D eigenvalue weighted by Gasteiger charge is 2.58. The number of ether oxygens (including phenoxy) is 6. The number of nitrogens with one attached hydrogen (secondary N) is 1. The van der Waals surface area contributed by atoms with Gasteiger partial charge < -0.3 is 33.7 Å². The third-order valence-electron chi connectivity index (χ3n) is 10.3. The topological polar surface area (TPSA) is 200 Å². The van der Waals surface area contributed by atoms with Crippen LogP contribution in [0.15, 0.2) is 95.9 Å². The molecule has 0 spiro atoms. The maximum atomic E-state index is 13.8. The summed E-state index contributed by atoms with van der Waals surface area (Å²) in [4.78, 5) is 42.5. The summed E-state index contributed by atoms with van der Waals surface area (Å²) in [7, 11) is -0.475. The van der Waals surface area contributed by atoms with Gasteiger partial charge in [-0.2, -0.15) is 20.0 Å². The summed E-state index contributed by atoms with van der Waals surface area (Å²) in [5.41, 5.74) is 0.209. The molecule has 1 aliphatic rings. The average Bonchev–Trinajstić information content (AvgIpc) is 3.58. The van der Waals surface area contributed by atoms with Crippen LogP contribution in [0.5, 0.6) is 11.5 Å². The molecule has 16 nitrogen and oxygen atoms in total. The summed E-state index contributed by atoms with van der Waals surface area (Å²) in [6.07, 6.45) is -3.08. The molecule has 2 heterocycles. The fourth-order valence-electron chi connectivity index (χ4n) is 7.74. The van der Waals surface area contributed by atoms with Crippen LogP contribution in [-0.4, -0.2) is 95.8 Å². The van der Waals surface area contributed by atoms with E-state index in [4.69, 9.17) is 38.2 Å². The van der Waals surface area contributed by atoms with E-state index in [-0.39, 0.29) is 56.9 Å². The molecule has 17 heteroatoms. The van der Waals surface area contributed by atoms with E-state index in [1.807, 2.05) is 117 Å². The Morgan fingerprint density at radius 2 is 1.48 bits per heavy atom. The van der Waals surface area contributed by atoms with Gasteiger partial charge >= 0.3 is 13.6 Å². The van der Waals surface area contributed by atoms with Crippen LogP contribution in [-0.2, 0) is 33.9 Å². The molecule has 2 N–H and O–H groups in total. The molecular weight excluding hydrogens is 816 g/mol. The van der Waals surface area contributed by atoms with Crippen molar-refractivity contribution in [3.05, 3.63) is 118 Å². The van der Waals surface area contributed by atoms with Gasteiger partial charge in [0.2, 0.25) is 5.91 Å². The normalized spacial score (nSPS) is 18.6.